The molecule has 0 aromatic rings. The molecule has 0 saturated carbocycles. The summed E-state index contributed by atoms with van der Waals surface area (Å²) in [5.74, 6) is -0.579. The highest BCUT2D eigenvalue weighted by atomic mass is 16.6. The van der Waals surface area contributed by atoms with E-state index in [0.29, 0.717) is 6.42 Å². The van der Waals surface area contributed by atoms with Crippen molar-refractivity contribution >= 4 is 11.8 Å². The van der Waals surface area contributed by atoms with Crippen molar-refractivity contribution in [3.05, 3.63) is 0 Å². The number of rotatable bonds is 27. The van der Waals surface area contributed by atoms with Gasteiger partial charge in [0.05, 0.1) is 0 Å². The molecular weight excluding hydrogens is 432 g/mol. The molecule has 1 heterocycles. The summed E-state index contributed by atoms with van der Waals surface area (Å²) in [5, 5.41) is 0. The Morgan fingerprint density at radius 1 is 0.543 bits per heavy atom. The second-order valence-electron chi connectivity index (χ2n) is 11.2. The van der Waals surface area contributed by atoms with Crippen LogP contribution in [0.15, 0.2) is 0 Å². The summed E-state index contributed by atoms with van der Waals surface area (Å²) >= 11 is 0. The third-order valence-corrected chi connectivity index (χ3v) is 7.86. The molecule has 2 atom stereocenters. The van der Waals surface area contributed by atoms with Crippen LogP contribution < -0.4 is 0 Å². The molecule has 1 aliphatic rings. The van der Waals surface area contributed by atoms with Crippen molar-refractivity contribution in [2.45, 2.75) is 187 Å². The zero-order valence-electron chi connectivity index (χ0n) is 23.8. The van der Waals surface area contributed by atoms with Crippen molar-refractivity contribution < 1.29 is 14.3 Å². The molecule has 0 aromatic heterocycles. The van der Waals surface area contributed by atoms with Gasteiger partial charge in [-0.2, -0.15) is 0 Å². The summed E-state index contributed by atoms with van der Waals surface area (Å²) in [5.41, 5.74) is 0. The van der Waals surface area contributed by atoms with Crippen LogP contribution in [0.2, 0.25) is 0 Å². The van der Waals surface area contributed by atoms with Gasteiger partial charge in [0, 0.05) is 6.42 Å². The van der Waals surface area contributed by atoms with Gasteiger partial charge in [-0.1, -0.05) is 155 Å². The first-order valence-corrected chi connectivity index (χ1v) is 15.9. The van der Waals surface area contributed by atoms with Crippen LogP contribution in [-0.4, -0.2) is 17.9 Å². The maximum absolute atomic E-state index is 12.5. The molecular formula is C32H60O3. The van der Waals surface area contributed by atoms with E-state index in [9.17, 15) is 9.59 Å². The lowest BCUT2D eigenvalue weighted by Crippen LogP contribution is -2.49. The molecule has 0 amide bonds. The maximum atomic E-state index is 12.5. The molecule has 0 aromatic carbocycles. The average Bonchev–Trinajstić information content (AvgIpc) is 2.84. The summed E-state index contributed by atoms with van der Waals surface area (Å²) < 4.78 is 5.33. The molecule has 3 nitrogen and oxygen atoms in total. The second kappa shape index (κ2) is 23.5. The number of cyclic esters (lactones) is 1. The smallest absolute Gasteiger partial charge is 0.320 e. The molecule has 0 radical (unpaired) electrons. The molecule has 0 N–H and O–H groups in total. The van der Waals surface area contributed by atoms with Crippen molar-refractivity contribution in [1.82, 2.24) is 0 Å². The van der Waals surface area contributed by atoms with Gasteiger partial charge >= 0.3 is 5.97 Å². The van der Waals surface area contributed by atoms with E-state index >= 15 is 0 Å². The molecule has 1 aliphatic heterocycles. The highest BCUT2D eigenvalue weighted by Gasteiger charge is 2.46. The molecule has 0 bridgehead atoms. The predicted octanol–water partition coefficient (Wildman–Crippen LogP) is 10.3. The number of hydrogen-bond donors (Lipinski definition) is 0. The second-order valence-corrected chi connectivity index (χ2v) is 11.2. The van der Waals surface area contributed by atoms with Crippen LogP contribution >= 0.6 is 0 Å². The quantitative estimate of drug-likeness (QED) is 0.0650. The Morgan fingerprint density at radius 2 is 0.886 bits per heavy atom. The predicted molar refractivity (Wildman–Crippen MR) is 150 cm³/mol. The van der Waals surface area contributed by atoms with Crippen molar-refractivity contribution in [1.29, 1.82) is 0 Å². The molecule has 3 heteroatoms. The van der Waals surface area contributed by atoms with Gasteiger partial charge in [0.15, 0.2) is 11.7 Å². The Labute approximate surface area is 218 Å². The highest BCUT2D eigenvalue weighted by Crippen LogP contribution is 2.29. The Bertz CT molecular complexity index is 501. The SMILES string of the molecule is CCCCCCCCCCCCCCCC1OC(=O)C1C(=O)CCCCCCCCCCCCC. The fourth-order valence-corrected chi connectivity index (χ4v) is 5.42. The van der Waals surface area contributed by atoms with E-state index in [4.69, 9.17) is 4.74 Å². The van der Waals surface area contributed by atoms with Crippen LogP contribution in [0.4, 0.5) is 0 Å². The van der Waals surface area contributed by atoms with E-state index in [1.54, 1.807) is 0 Å². The van der Waals surface area contributed by atoms with Gasteiger partial charge in [-0.15, -0.1) is 0 Å². The zero-order valence-corrected chi connectivity index (χ0v) is 23.8. The number of carbonyl (C=O) groups is 2. The maximum Gasteiger partial charge on any atom is 0.320 e. The van der Waals surface area contributed by atoms with Crippen molar-refractivity contribution in [2.24, 2.45) is 5.92 Å². The van der Waals surface area contributed by atoms with Crippen molar-refractivity contribution in [3.8, 4) is 0 Å². The fourth-order valence-electron chi connectivity index (χ4n) is 5.42. The third-order valence-electron chi connectivity index (χ3n) is 7.86. The minimum atomic E-state index is -0.449. The molecule has 1 rings (SSSR count). The van der Waals surface area contributed by atoms with Crippen molar-refractivity contribution in [3.63, 3.8) is 0 Å². The van der Waals surface area contributed by atoms with Gasteiger partial charge in [0.1, 0.15) is 6.10 Å². The number of unbranched alkanes of at least 4 members (excludes halogenated alkanes) is 22. The molecule has 1 fully saturated rings. The first-order valence-electron chi connectivity index (χ1n) is 15.9. The zero-order chi connectivity index (χ0) is 25.4. The number of carbonyl (C=O) groups excluding carboxylic acids is 2. The molecule has 0 aliphatic carbocycles. The summed E-state index contributed by atoms with van der Waals surface area (Å²) in [6.45, 7) is 4.54. The summed E-state index contributed by atoms with van der Waals surface area (Å²) in [6, 6.07) is 0. The number of esters is 1. The number of Topliss-reactive ketones (excluding diaryl/α,β-unsaturated/α-hetero) is 1. The Hall–Kier alpha value is -0.860. The van der Waals surface area contributed by atoms with Gasteiger partial charge in [-0.05, 0) is 19.3 Å². The first-order chi connectivity index (χ1) is 17.2. The average molecular weight is 493 g/mol. The van der Waals surface area contributed by atoms with E-state index in [0.717, 1.165) is 25.7 Å². The monoisotopic (exact) mass is 492 g/mol. The third kappa shape index (κ3) is 17.3. The fraction of sp³-hybridized carbons (Fsp3) is 0.938. The number of hydrogen-bond acceptors (Lipinski definition) is 3. The van der Waals surface area contributed by atoms with E-state index < -0.39 is 5.92 Å². The molecule has 2 unspecified atom stereocenters. The van der Waals surface area contributed by atoms with Gasteiger partial charge < -0.3 is 4.74 Å². The van der Waals surface area contributed by atoms with Crippen LogP contribution in [-0.2, 0) is 14.3 Å². The van der Waals surface area contributed by atoms with Crippen LogP contribution in [0.1, 0.15) is 181 Å². The molecule has 1 saturated heterocycles. The lowest BCUT2D eigenvalue weighted by molar-refractivity contribution is -0.187. The molecule has 35 heavy (non-hydrogen) atoms. The van der Waals surface area contributed by atoms with Gasteiger partial charge in [-0.3, -0.25) is 9.59 Å². The van der Waals surface area contributed by atoms with Gasteiger partial charge in [0.2, 0.25) is 0 Å². The number of ether oxygens (including phenoxy) is 1. The molecule has 0 spiro atoms. The lowest BCUT2D eigenvalue weighted by atomic mass is 9.86. The van der Waals surface area contributed by atoms with E-state index in [1.165, 1.54) is 135 Å². The summed E-state index contributed by atoms with van der Waals surface area (Å²) in [7, 11) is 0. The standard InChI is InChI=1S/C32H60O3/c1-3-5-7-9-11-13-15-16-18-20-22-24-26-28-30-31(32(34)35-30)29(33)27-25-23-21-19-17-14-12-10-8-6-4-2/h30-31H,3-28H2,1-2H3. The topological polar surface area (TPSA) is 43.4 Å². The highest BCUT2D eigenvalue weighted by molar-refractivity contribution is 6.02. The van der Waals surface area contributed by atoms with E-state index in [-0.39, 0.29) is 17.9 Å². The Morgan fingerprint density at radius 3 is 1.26 bits per heavy atom. The molecule has 206 valence electrons. The van der Waals surface area contributed by atoms with Gasteiger partial charge in [-0.25, -0.2) is 0 Å². The minimum Gasteiger partial charge on any atom is -0.460 e. The van der Waals surface area contributed by atoms with Crippen LogP contribution in [0.3, 0.4) is 0 Å². The van der Waals surface area contributed by atoms with E-state index in [2.05, 4.69) is 13.8 Å². The Kier molecular flexibility index (Phi) is 21.6. The summed E-state index contributed by atoms with van der Waals surface area (Å²) in [4.78, 5) is 24.4. The Balaban J connectivity index is 1.91. The normalized spacial score (nSPS) is 17.4. The summed E-state index contributed by atoms with van der Waals surface area (Å²) in [6.07, 6.45) is 32.8. The number of ketones is 1. The van der Waals surface area contributed by atoms with Crippen LogP contribution in [0.25, 0.3) is 0 Å². The minimum absolute atomic E-state index is 0.129. The lowest BCUT2D eigenvalue weighted by Gasteiger charge is -2.34. The van der Waals surface area contributed by atoms with E-state index in [1.807, 2.05) is 0 Å². The van der Waals surface area contributed by atoms with Crippen LogP contribution in [0, 0.1) is 5.92 Å². The first kappa shape index (κ1) is 32.2. The van der Waals surface area contributed by atoms with Crippen LogP contribution in [0.5, 0.6) is 0 Å². The largest absolute Gasteiger partial charge is 0.460 e. The van der Waals surface area contributed by atoms with Gasteiger partial charge in [0.25, 0.3) is 0 Å². The van der Waals surface area contributed by atoms with Crippen molar-refractivity contribution in [2.75, 3.05) is 0 Å².